The van der Waals surface area contributed by atoms with Gasteiger partial charge >= 0.3 is 6.09 Å². The quantitative estimate of drug-likeness (QED) is 0.342. The van der Waals surface area contributed by atoms with Crippen LogP contribution >= 0.6 is 11.6 Å². The van der Waals surface area contributed by atoms with Crippen molar-refractivity contribution in [1.82, 2.24) is 15.1 Å². The first-order valence-electron chi connectivity index (χ1n) is 12.5. The zero-order valence-electron chi connectivity index (χ0n) is 20.7. The summed E-state index contributed by atoms with van der Waals surface area (Å²) in [6, 6.07) is 5.54. The monoisotopic (exact) mass is 535 g/mol. The first-order valence-corrected chi connectivity index (χ1v) is 12.9. The number of ether oxygens (including phenoxy) is 1. The Morgan fingerprint density at radius 1 is 1.19 bits per heavy atom. The fraction of sp³-hybridized carbons (Fsp3) is 0.538. The highest BCUT2D eigenvalue weighted by molar-refractivity contribution is 6.31. The van der Waals surface area contributed by atoms with Gasteiger partial charge in [0.15, 0.2) is 0 Å². The number of nitrogens with one attached hydrogen (secondary N) is 1. The summed E-state index contributed by atoms with van der Waals surface area (Å²) in [7, 11) is 0. The van der Waals surface area contributed by atoms with E-state index in [1.165, 1.54) is 4.90 Å². The van der Waals surface area contributed by atoms with E-state index in [0.29, 0.717) is 50.2 Å². The third-order valence-corrected chi connectivity index (χ3v) is 7.09. The van der Waals surface area contributed by atoms with E-state index in [1.54, 1.807) is 11.0 Å². The Balaban J connectivity index is 0.000000203. The minimum atomic E-state index is -0.896. The summed E-state index contributed by atoms with van der Waals surface area (Å²) in [6.07, 6.45) is 8.28. The molecule has 3 aliphatic heterocycles. The summed E-state index contributed by atoms with van der Waals surface area (Å²) in [5.74, 6) is 0.592. The highest BCUT2D eigenvalue weighted by Crippen LogP contribution is 2.32. The average molecular weight is 536 g/mol. The molecule has 0 aromatic heterocycles. The number of benzene rings is 1. The van der Waals surface area contributed by atoms with Gasteiger partial charge in [-0.25, -0.2) is 4.79 Å². The molecule has 2 fully saturated rings. The first kappa shape index (κ1) is 28.5. The molecule has 11 heteroatoms. The van der Waals surface area contributed by atoms with E-state index in [-0.39, 0.29) is 30.4 Å². The zero-order valence-corrected chi connectivity index (χ0v) is 21.4. The van der Waals surface area contributed by atoms with Crippen LogP contribution in [0.4, 0.5) is 4.79 Å². The number of fused-ring (bicyclic) bond motifs is 3. The van der Waals surface area contributed by atoms with Crippen molar-refractivity contribution < 1.29 is 34.1 Å². The van der Waals surface area contributed by atoms with Gasteiger partial charge in [0.25, 0.3) is 6.47 Å². The maximum Gasteiger partial charge on any atom is 0.407 e. The molecule has 1 aromatic carbocycles. The standard InChI is InChI=1S/C16H24N2O3.C9H8ClNO2.CH2O2/c19-15-7-4-10-21-9-2-1-5-12-11-13(12)17-16(20)14-6-3-8-18(14)15;10-8-3-1-2-6-4-11(9(12)13)5-7(6)8;2-1-3/h1,5,12-14H,2-4,6-11H2,(H,17,20);1-3H,4-5H2,(H,12,13);1H,(H,2,3)/b5-1-;;/t12-,13?,14?;;/m1../s1. The van der Waals surface area contributed by atoms with Crippen molar-refractivity contribution in [1.29, 1.82) is 0 Å². The minimum Gasteiger partial charge on any atom is -0.483 e. The number of hydrogen-bond acceptors (Lipinski definition) is 5. The molecule has 1 saturated carbocycles. The van der Waals surface area contributed by atoms with Crippen LogP contribution in [0.3, 0.4) is 0 Å². The maximum absolute atomic E-state index is 12.4. The first-order chi connectivity index (χ1) is 17.8. The number of carbonyl (C=O) groups is 4. The van der Waals surface area contributed by atoms with Crippen molar-refractivity contribution in [2.24, 2.45) is 5.92 Å². The highest BCUT2D eigenvalue weighted by Gasteiger charge is 2.40. The lowest BCUT2D eigenvalue weighted by molar-refractivity contribution is -0.138. The summed E-state index contributed by atoms with van der Waals surface area (Å²) < 4.78 is 5.53. The molecule has 1 aromatic rings. The number of carbonyl (C=O) groups excluding carboxylic acids is 2. The largest absolute Gasteiger partial charge is 0.483 e. The highest BCUT2D eigenvalue weighted by atomic mass is 35.5. The molecule has 3 heterocycles. The fourth-order valence-electron chi connectivity index (χ4n) is 4.72. The van der Waals surface area contributed by atoms with Gasteiger partial charge in [0.05, 0.1) is 13.2 Å². The van der Waals surface area contributed by atoms with Gasteiger partial charge in [0, 0.05) is 37.2 Å². The molecule has 0 spiro atoms. The Hall–Kier alpha value is -3.11. The van der Waals surface area contributed by atoms with Gasteiger partial charge in [-0.15, -0.1) is 0 Å². The van der Waals surface area contributed by atoms with E-state index in [0.717, 1.165) is 43.2 Å². The second kappa shape index (κ2) is 14.0. The molecule has 202 valence electrons. The molecular formula is C26H34ClN3O7. The SMILES string of the molecule is O=C(O)N1Cc2cccc(Cl)c2C1.O=C1NC2C[C@H]2/C=C\CCOCCCC(=O)N2CCCC12.O=CO. The van der Waals surface area contributed by atoms with Crippen molar-refractivity contribution in [3.05, 3.63) is 46.5 Å². The Bertz CT molecular complexity index is 1000. The Labute approximate surface area is 221 Å². The van der Waals surface area contributed by atoms with Crippen LogP contribution in [-0.4, -0.2) is 76.2 Å². The van der Waals surface area contributed by atoms with E-state index in [9.17, 15) is 14.4 Å². The molecule has 1 saturated heterocycles. The molecule has 10 nitrogen and oxygen atoms in total. The van der Waals surface area contributed by atoms with Crippen LogP contribution in [-0.2, 0) is 32.2 Å². The Kier molecular flexibility index (Phi) is 10.8. The normalized spacial score (nSPS) is 25.8. The van der Waals surface area contributed by atoms with Gasteiger partial charge in [0.1, 0.15) is 6.04 Å². The number of nitrogens with zero attached hydrogens (tertiary/aromatic N) is 2. The Morgan fingerprint density at radius 3 is 2.70 bits per heavy atom. The fourth-order valence-corrected chi connectivity index (χ4v) is 4.97. The average Bonchev–Trinajstić information content (AvgIpc) is 3.25. The van der Waals surface area contributed by atoms with Crippen LogP contribution in [0, 0.1) is 5.92 Å². The topological polar surface area (TPSA) is 136 Å². The Morgan fingerprint density at radius 2 is 1.97 bits per heavy atom. The van der Waals surface area contributed by atoms with E-state index in [2.05, 4.69) is 17.5 Å². The predicted molar refractivity (Wildman–Crippen MR) is 136 cm³/mol. The molecule has 4 aliphatic rings. The molecular weight excluding hydrogens is 502 g/mol. The lowest BCUT2D eigenvalue weighted by atomic mass is 10.1. The van der Waals surface area contributed by atoms with Crippen molar-refractivity contribution in [2.45, 2.75) is 63.7 Å². The van der Waals surface area contributed by atoms with Gasteiger partial charge in [-0.05, 0) is 55.2 Å². The van der Waals surface area contributed by atoms with Crippen LogP contribution in [0.1, 0.15) is 49.7 Å². The minimum absolute atomic E-state index is 0.0351. The van der Waals surface area contributed by atoms with Crippen LogP contribution in [0.2, 0.25) is 5.02 Å². The van der Waals surface area contributed by atoms with Crippen LogP contribution in [0.5, 0.6) is 0 Å². The van der Waals surface area contributed by atoms with Crippen LogP contribution in [0.25, 0.3) is 0 Å². The smallest absolute Gasteiger partial charge is 0.407 e. The van der Waals surface area contributed by atoms with Crippen molar-refractivity contribution in [3.63, 3.8) is 0 Å². The summed E-state index contributed by atoms with van der Waals surface area (Å²) in [4.78, 5) is 46.7. The van der Waals surface area contributed by atoms with E-state index >= 15 is 0 Å². The van der Waals surface area contributed by atoms with Crippen LogP contribution < -0.4 is 5.32 Å². The van der Waals surface area contributed by atoms with Gasteiger partial charge in [-0.3, -0.25) is 19.3 Å². The number of halogens is 1. The maximum atomic E-state index is 12.4. The molecule has 3 atom stereocenters. The lowest BCUT2D eigenvalue weighted by Gasteiger charge is -2.24. The predicted octanol–water partition coefficient (Wildman–Crippen LogP) is 3.27. The van der Waals surface area contributed by atoms with E-state index in [4.69, 9.17) is 31.3 Å². The molecule has 1 aliphatic carbocycles. The molecule has 0 radical (unpaired) electrons. The van der Waals surface area contributed by atoms with Crippen molar-refractivity contribution in [3.8, 4) is 0 Å². The summed E-state index contributed by atoms with van der Waals surface area (Å²) in [5, 5.41) is 19.4. The lowest BCUT2D eigenvalue weighted by Crippen LogP contribution is -2.46. The molecule has 3 N–H and O–H groups in total. The number of rotatable bonds is 0. The molecule has 2 unspecified atom stereocenters. The number of hydrogen-bond donors (Lipinski definition) is 3. The number of carboxylic acid groups (broad SMARTS) is 2. The summed E-state index contributed by atoms with van der Waals surface area (Å²) in [6.45, 7) is 2.65. The molecule has 37 heavy (non-hydrogen) atoms. The van der Waals surface area contributed by atoms with Crippen molar-refractivity contribution in [2.75, 3.05) is 19.8 Å². The summed E-state index contributed by atoms with van der Waals surface area (Å²) in [5.41, 5.74) is 1.95. The number of amides is 3. The van der Waals surface area contributed by atoms with Crippen molar-refractivity contribution >= 4 is 36.0 Å². The van der Waals surface area contributed by atoms with Gasteiger partial charge in [-0.1, -0.05) is 35.9 Å². The second-order valence-corrected chi connectivity index (χ2v) is 9.72. The molecule has 3 amide bonds. The molecule has 5 rings (SSSR count). The van der Waals surface area contributed by atoms with E-state index in [1.807, 2.05) is 12.1 Å². The third kappa shape index (κ3) is 8.19. The second-order valence-electron chi connectivity index (χ2n) is 9.31. The van der Waals surface area contributed by atoms with Crippen LogP contribution in [0.15, 0.2) is 30.4 Å². The third-order valence-electron chi connectivity index (χ3n) is 6.73. The van der Waals surface area contributed by atoms with Gasteiger partial charge in [0.2, 0.25) is 11.8 Å². The molecule has 0 bridgehead atoms. The zero-order chi connectivity index (χ0) is 26.8. The van der Waals surface area contributed by atoms with Gasteiger partial charge in [-0.2, -0.15) is 0 Å². The van der Waals surface area contributed by atoms with Gasteiger partial charge < -0.3 is 25.2 Å². The summed E-state index contributed by atoms with van der Waals surface area (Å²) >= 11 is 5.92. The van der Waals surface area contributed by atoms with E-state index < -0.39 is 6.09 Å².